The third-order valence-corrected chi connectivity index (χ3v) is 1.40. The molecule has 66 valence electrons. The third kappa shape index (κ3) is 3.95. The van der Waals surface area contributed by atoms with E-state index >= 15 is 0 Å². The van der Waals surface area contributed by atoms with Crippen LogP contribution in [0.1, 0.15) is 20.3 Å². The lowest BCUT2D eigenvalue weighted by molar-refractivity contribution is -0.147. The van der Waals surface area contributed by atoms with Gasteiger partial charge in [0, 0.05) is 6.04 Å². The minimum Gasteiger partial charge on any atom is -0.479 e. The van der Waals surface area contributed by atoms with Gasteiger partial charge in [-0.05, 0) is 12.3 Å². The summed E-state index contributed by atoms with van der Waals surface area (Å²) in [5, 5.41) is 17.3. The van der Waals surface area contributed by atoms with Crippen molar-refractivity contribution in [3.05, 3.63) is 0 Å². The SMILES string of the molecule is CC(C)C[C@@H](N)C(O)C(=O)O. The molecule has 2 atom stereocenters. The lowest BCUT2D eigenvalue weighted by atomic mass is 10.0. The molecule has 0 aromatic rings. The van der Waals surface area contributed by atoms with Crippen molar-refractivity contribution in [2.75, 3.05) is 0 Å². The third-order valence-electron chi connectivity index (χ3n) is 1.40. The normalized spacial score (nSPS) is 16.5. The maximum atomic E-state index is 10.2. The molecule has 0 saturated heterocycles. The summed E-state index contributed by atoms with van der Waals surface area (Å²) < 4.78 is 0. The second kappa shape index (κ2) is 4.31. The molecule has 0 saturated carbocycles. The van der Waals surface area contributed by atoms with E-state index in [1.165, 1.54) is 0 Å². The van der Waals surface area contributed by atoms with Crippen LogP contribution in [0, 0.1) is 5.92 Å². The molecule has 0 fully saturated rings. The number of rotatable bonds is 4. The summed E-state index contributed by atoms with van der Waals surface area (Å²) in [6.45, 7) is 3.85. The molecule has 4 heteroatoms. The van der Waals surface area contributed by atoms with Crippen molar-refractivity contribution in [1.29, 1.82) is 0 Å². The fourth-order valence-electron chi connectivity index (χ4n) is 0.856. The zero-order chi connectivity index (χ0) is 9.02. The van der Waals surface area contributed by atoms with E-state index in [2.05, 4.69) is 0 Å². The van der Waals surface area contributed by atoms with Gasteiger partial charge in [-0.3, -0.25) is 0 Å². The van der Waals surface area contributed by atoms with Crippen LogP contribution in [-0.2, 0) is 4.79 Å². The van der Waals surface area contributed by atoms with Crippen molar-refractivity contribution in [1.82, 2.24) is 0 Å². The Morgan fingerprint density at radius 2 is 2.00 bits per heavy atom. The number of nitrogens with two attached hydrogens (primary N) is 1. The van der Waals surface area contributed by atoms with Crippen molar-refractivity contribution >= 4 is 5.97 Å². The van der Waals surface area contributed by atoms with Crippen LogP contribution in [-0.4, -0.2) is 28.3 Å². The number of hydrogen-bond acceptors (Lipinski definition) is 3. The van der Waals surface area contributed by atoms with Crippen molar-refractivity contribution in [2.24, 2.45) is 11.7 Å². The summed E-state index contributed by atoms with van der Waals surface area (Å²) in [5.41, 5.74) is 5.39. The molecule has 11 heavy (non-hydrogen) atoms. The topological polar surface area (TPSA) is 83.5 Å². The minimum atomic E-state index is -1.43. The summed E-state index contributed by atoms with van der Waals surface area (Å²) in [7, 11) is 0. The van der Waals surface area contributed by atoms with Gasteiger partial charge < -0.3 is 15.9 Å². The van der Waals surface area contributed by atoms with Crippen LogP contribution in [0.5, 0.6) is 0 Å². The van der Waals surface area contributed by atoms with E-state index in [0.29, 0.717) is 12.3 Å². The van der Waals surface area contributed by atoms with Gasteiger partial charge in [0.25, 0.3) is 0 Å². The van der Waals surface area contributed by atoms with E-state index in [1.807, 2.05) is 13.8 Å². The molecule has 0 radical (unpaired) electrons. The van der Waals surface area contributed by atoms with Gasteiger partial charge in [0.1, 0.15) is 0 Å². The number of hydrogen-bond donors (Lipinski definition) is 3. The fraction of sp³-hybridized carbons (Fsp3) is 0.857. The Morgan fingerprint density at radius 3 is 2.27 bits per heavy atom. The molecule has 0 heterocycles. The predicted octanol–water partition coefficient (Wildman–Crippen LogP) is -0.195. The van der Waals surface area contributed by atoms with Crippen LogP contribution in [0.25, 0.3) is 0 Å². The molecule has 0 rings (SSSR count). The van der Waals surface area contributed by atoms with Gasteiger partial charge in [-0.1, -0.05) is 13.8 Å². The van der Waals surface area contributed by atoms with Crippen molar-refractivity contribution in [3.63, 3.8) is 0 Å². The minimum absolute atomic E-state index is 0.305. The molecular formula is C7H15NO3. The van der Waals surface area contributed by atoms with Crippen LogP contribution in [0.4, 0.5) is 0 Å². The quantitative estimate of drug-likeness (QED) is 0.533. The van der Waals surface area contributed by atoms with Gasteiger partial charge in [0.15, 0.2) is 6.10 Å². The van der Waals surface area contributed by atoms with Gasteiger partial charge in [0.2, 0.25) is 0 Å². The Balaban J connectivity index is 3.82. The fourth-order valence-corrected chi connectivity index (χ4v) is 0.856. The molecule has 0 bridgehead atoms. The van der Waals surface area contributed by atoms with Crippen molar-refractivity contribution in [2.45, 2.75) is 32.4 Å². The van der Waals surface area contributed by atoms with Crippen molar-refractivity contribution in [3.8, 4) is 0 Å². The van der Waals surface area contributed by atoms with E-state index in [-0.39, 0.29) is 0 Å². The largest absolute Gasteiger partial charge is 0.479 e. The second-order valence-electron chi connectivity index (χ2n) is 3.08. The summed E-state index contributed by atoms with van der Waals surface area (Å²) in [5.74, 6) is -0.947. The number of aliphatic carboxylic acids is 1. The van der Waals surface area contributed by atoms with Crippen LogP contribution < -0.4 is 5.73 Å². The zero-order valence-electron chi connectivity index (χ0n) is 6.82. The second-order valence-corrected chi connectivity index (χ2v) is 3.08. The molecule has 0 aliphatic rings. The molecule has 0 spiro atoms. The number of aliphatic hydroxyl groups is 1. The zero-order valence-corrected chi connectivity index (χ0v) is 6.82. The van der Waals surface area contributed by atoms with Gasteiger partial charge in [-0.2, -0.15) is 0 Å². The smallest absolute Gasteiger partial charge is 0.334 e. The first kappa shape index (κ1) is 10.4. The van der Waals surface area contributed by atoms with E-state index in [4.69, 9.17) is 15.9 Å². The first-order valence-corrected chi connectivity index (χ1v) is 3.61. The summed E-state index contributed by atoms with van der Waals surface area (Å²) in [4.78, 5) is 10.2. The standard InChI is InChI=1S/C7H15NO3/c1-4(2)3-5(8)6(9)7(10)11/h4-6,9H,3,8H2,1-2H3,(H,10,11)/t5-,6?/m1/s1. The average Bonchev–Trinajstić information content (AvgIpc) is 1.84. The first-order valence-electron chi connectivity index (χ1n) is 3.61. The number of carboxylic acid groups (broad SMARTS) is 1. The monoisotopic (exact) mass is 161 g/mol. The Kier molecular flexibility index (Phi) is 4.07. The van der Waals surface area contributed by atoms with Gasteiger partial charge in [-0.15, -0.1) is 0 Å². The number of aliphatic hydroxyl groups excluding tert-OH is 1. The van der Waals surface area contributed by atoms with Crippen LogP contribution in [0.15, 0.2) is 0 Å². The van der Waals surface area contributed by atoms with E-state index in [9.17, 15) is 4.79 Å². The molecule has 0 aromatic heterocycles. The molecule has 4 N–H and O–H groups in total. The summed E-state index contributed by atoms with van der Waals surface area (Å²) >= 11 is 0. The van der Waals surface area contributed by atoms with E-state index < -0.39 is 18.1 Å². The van der Waals surface area contributed by atoms with Crippen LogP contribution in [0.3, 0.4) is 0 Å². The predicted molar refractivity (Wildman–Crippen MR) is 41.1 cm³/mol. The van der Waals surface area contributed by atoms with Crippen LogP contribution >= 0.6 is 0 Å². The Labute approximate surface area is 66.0 Å². The van der Waals surface area contributed by atoms with Crippen LogP contribution in [0.2, 0.25) is 0 Å². The van der Waals surface area contributed by atoms with Crippen molar-refractivity contribution < 1.29 is 15.0 Å². The summed E-state index contributed by atoms with van der Waals surface area (Å²) in [6, 6.07) is -0.660. The maximum Gasteiger partial charge on any atom is 0.334 e. The highest BCUT2D eigenvalue weighted by Crippen LogP contribution is 2.05. The average molecular weight is 161 g/mol. The van der Waals surface area contributed by atoms with Gasteiger partial charge in [0.05, 0.1) is 0 Å². The molecule has 0 aliphatic carbocycles. The van der Waals surface area contributed by atoms with Gasteiger partial charge in [-0.25, -0.2) is 4.79 Å². The summed E-state index contributed by atoms with van der Waals surface area (Å²) in [6.07, 6.45) is -0.912. The van der Waals surface area contributed by atoms with Gasteiger partial charge >= 0.3 is 5.97 Å². The Bertz CT molecular complexity index is 136. The highest BCUT2D eigenvalue weighted by molar-refractivity contribution is 5.72. The molecule has 1 unspecified atom stereocenters. The molecule has 0 aromatic carbocycles. The van der Waals surface area contributed by atoms with E-state index in [1.54, 1.807) is 0 Å². The molecule has 0 aliphatic heterocycles. The lowest BCUT2D eigenvalue weighted by Gasteiger charge is -2.16. The first-order chi connectivity index (χ1) is 4.95. The Morgan fingerprint density at radius 1 is 1.55 bits per heavy atom. The highest BCUT2D eigenvalue weighted by atomic mass is 16.4. The highest BCUT2D eigenvalue weighted by Gasteiger charge is 2.22. The molecular weight excluding hydrogens is 146 g/mol. The molecule has 4 nitrogen and oxygen atoms in total. The maximum absolute atomic E-state index is 10.2. The number of carbonyl (C=O) groups is 1. The lowest BCUT2D eigenvalue weighted by Crippen LogP contribution is -2.41. The molecule has 0 amide bonds. The number of carboxylic acids is 1. The Hall–Kier alpha value is -0.610. The van der Waals surface area contributed by atoms with E-state index in [0.717, 1.165) is 0 Å².